The summed E-state index contributed by atoms with van der Waals surface area (Å²) in [5.41, 5.74) is 1.30. The van der Waals surface area contributed by atoms with Gasteiger partial charge in [-0.05, 0) is 19.1 Å². The van der Waals surface area contributed by atoms with Gasteiger partial charge < -0.3 is 5.41 Å². The van der Waals surface area contributed by atoms with Crippen LogP contribution in [0, 0.1) is 11.2 Å². The molecule has 3 heteroatoms. The van der Waals surface area contributed by atoms with Crippen LogP contribution in [-0.4, -0.2) is 11.9 Å². The Hall–Kier alpha value is -1.77. The van der Waals surface area contributed by atoms with Crippen LogP contribution in [0.4, 0.5) is 10.1 Å². The van der Waals surface area contributed by atoms with E-state index < -0.39 is 0 Å². The second-order valence-corrected chi connectivity index (χ2v) is 2.82. The van der Waals surface area contributed by atoms with Crippen molar-refractivity contribution in [1.29, 1.82) is 5.41 Å². The Morgan fingerprint density at radius 3 is 2.71 bits per heavy atom. The van der Waals surface area contributed by atoms with Crippen LogP contribution in [-0.2, 0) is 0 Å². The highest BCUT2D eigenvalue weighted by molar-refractivity contribution is 6.14. The van der Waals surface area contributed by atoms with E-state index in [0.717, 1.165) is 6.21 Å². The van der Waals surface area contributed by atoms with Crippen molar-refractivity contribution in [2.24, 2.45) is 4.99 Å². The molecule has 0 amide bonds. The van der Waals surface area contributed by atoms with Crippen LogP contribution in [0.3, 0.4) is 0 Å². The summed E-state index contributed by atoms with van der Waals surface area (Å²) < 4.78 is 13.1. The fraction of sp³-hybridized carbons (Fsp3) is 0.0909. The first-order valence-corrected chi connectivity index (χ1v) is 4.14. The molecule has 2 nitrogen and oxygen atoms in total. The molecule has 0 unspecified atom stereocenters. The Morgan fingerprint density at radius 1 is 1.50 bits per heavy atom. The van der Waals surface area contributed by atoms with Gasteiger partial charge in [-0.3, -0.25) is 4.99 Å². The maximum absolute atomic E-state index is 13.1. The first-order valence-electron chi connectivity index (χ1n) is 4.14. The highest BCUT2D eigenvalue weighted by Crippen LogP contribution is 2.17. The Labute approximate surface area is 82.3 Å². The quantitative estimate of drug-likeness (QED) is 0.711. The molecule has 0 fully saturated rings. The van der Waals surface area contributed by atoms with Crippen molar-refractivity contribution in [1.82, 2.24) is 0 Å². The Kier molecular flexibility index (Phi) is 3.29. The van der Waals surface area contributed by atoms with E-state index in [0.29, 0.717) is 11.3 Å². The van der Waals surface area contributed by atoms with Gasteiger partial charge in [0.05, 0.1) is 5.69 Å². The van der Waals surface area contributed by atoms with Crippen LogP contribution < -0.4 is 0 Å². The third kappa shape index (κ3) is 2.36. The molecule has 1 aromatic carbocycles. The summed E-state index contributed by atoms with van der Waals surface area (Å²) in [6.45, 7) is 5.30. The van der Waals surface area contributed by atoms with E-state index in [1.54, 1.807) is 25.1 Å². The molecule has 0 radical (unpaired) electrons. The second kappa shape index (κ2) is 4.46. The summed E-state index contributed by atoms with van der Waals surface area (Å²) >= 11 is 0. The number of benzene rings is 1. The molecule has 0 atom stereocenters. The Balaban J connectivity index is 3.03. The van der Waals surface area contributed by atoms with Crippen LogP contribution in [0.25, 0.3) is 0 Å². The van der Waals surface area contributed by atoms with E-state index in [-0.39, 0.29) is 11.5 Å². The van der Waals surface area contributed by atoms with Gasteiger partial charge in [0.15, 0.2) is 0 Å². The van der Waals surface area contributed by atoms with Crippen molar-refractivity contribution in [3.05, 3.63) is 42.2 Å². The van der Waals surface area contributed by atoms with Gasteiger partial charge in [-0.1, -0.05) is 18.7 Å². The minimum atomic E-state index is -0.371. The van der Waals surface area contributed by atoms with E-state index in [9.17, 15) is 4.39 Å². The van der Waals surface area contributed by atoms with E-state index in [4.69, 9.17) is 5.41 Å². The summed E-state index contributed by atoms with van der Waals surface area (Å²) in [4.78, 5) is 4.02. The maximum Gasteiger partial charge on any atom is 0.148 e. The van der Waals surface area contributed by atoms with Gasteiger partial charge >= 0.3 is 0 Å². The first-order chi connectivity index (χ1) is 6.65. The molecular weight excluding hydrogens is 179 g/mol. The summed E-state index contributed by atoms with van der Waals surface area (Å²) in [6, 6.07) is 6.24. The van der Waals surface area contributed by atoms with Crippen molar-refractivity contribution < 1.29 is 4.39 Å². The van der Waals surface area contributed by atoms with Gasteiger partial charge in [0.25, 0.3) is 0 Å². The molecule has 0 aromatic heterocycles. The van der Waals surface area contributed by atoms with Crippen molar-refractivity contribution in [2.75, 3.05) is 0 Å². The number of aliphatic imine (C=N–C) groups is 1. The molecule has 0 saturated carbocycles. The fourth-order valence-electron chi connectivity index (χ4n) is 0.899. The highest BCUT2D eigenvalue weighted by Gasteiger charge is 2.00. The monoisotopic (exact) mass is 190 g/mol. The zero-order valence-corrected chi connectivity index (χ0v) is 7.92. The number of halogens is 1. The molecule has 1 aromatic rings. The standard InChI is InChI=1S/C11H11FN2/c1-8(7-13)9(2)14-11-6-4-3-5-10(11)12/h3-7,13H,1H2,2H3. The molecule has 14 heavy (non-hydrogen) atoms. The van der Waals surface area contributed by atoms with Gasteiger partial charge in [0.1, 0.15) is 5.82 Å². The smallest absolute Gasteiger partial charge is 0.148 e. The van der Waals surface area contributed by atoms with Crippen molar-refractivity contribution in [3.8, 4) is 0 Å². The molecule has 0 aliphatic rings. The van der Waals surface area contributed by atoms with Crippen molar-refractivity contribution >= 4 is 17.6 Å². The predicted octanol–water partition coefficient (Wildman–Crippen LogP) is 3.12. The van der Waals surface area contributed by atoms with Crippen LogP contribution in [0.1, 0.15) is 6.92 Å². The summed E-state index contributed by atoms with van der Waals surface area (Å²) in [6.07, 6.45) is 1.10. The number of hydrogen-bond donors (Lipinski definition) is 1. The number of nitrogens with zero attached hydrogens (tertiary/aromatic N) is 1. The first kappa shape index (κ1) is 10.3. The highest BCUT2D eigenvalue weighted by atomic mass is 19.1. The topological polar surface area (TPSA) is 36.2 Å². The number of hydrogen-bond acceptors (Lipinski definition) is 2. The lowest BCUT2D eigenvalue weighted by atomic mass is 10.2. The minimum Gasteiger partial charge on any atom is -0.308 e. The molecule has 0 aliphatic carbocycles. The summed E-state index contributed by atoms with van der Waals surface area (Å²) in [5.74, 6) is -0.371. The number of rotatable bonds is 3. The van der Waals surface area contributed by atoms with E-state index >= 15 is 0 Å². The van der Waals surface area contributed by atoms with Crippen molar-refractivity contribution in [2.45, 2.75) is 6.92 Å². The number of allylic oxidation sites excluding steroid dienone is 1. The average Bonchev–Trinajstić information content (AvgIpc) is 2.20. The van der Waals surface area contributed by atoms with E-state index in [1.165, 1.54) is 6.07 Å². The predicted molar refractivity (Wildman–Crippen MR) is 57.1 cm³/mol. The van der Waals surface area contributed by atoms with Crippen LogP contribution in [0.2, 0.25) is 0 Å². The molecule has 1 N–H and O–H groups in total. The van der Waals surface area contributed by atoms with Crippen LogP contribution in [0.15, 0.2) is 41.4 Å². The largest absolute Gasteiger partial charge is 0.308 e. The van der Waals surface area contributed by atoms with E-state index in [2.05, 4.69) is 11.6 Å². The van der Waals surface area contributed by atoms with E-state index in [1.807, 2.05) is 0 Å². The average molecular weight is 190 g/mol. The zero-order valence-electron chi connectivity index (χ0n) is 7.92. The molecular formula is C11H11FN2. The third-order valence-electron chi connectivity index (χ3n) is 1.78. The number of para-hydroxylation sites is 1. The van der Waals surface area contributed by atoms with Crippen LogP contribution >= 0.6 is 0 Å². The summed E-state index contributed by atoms with van der Waals surface area (Å²) in [5, 5.41) is 6.96. The molecule has 0 aliphatic heterocycles. The Morgan fingerprint density at radius 2 is 2.14 bits per heavy atom. The van der Waals surface area contributed by atoms with Gasteiger partial charge in [0, 0.05) is 17.5 Å². The minimum absolute atomic E-state index is 0.271. The second-order valence-electron chi connectivity index (χ2n) is 2.82. The maximum atomic E-state index is 13.1. The molecule has 0 spiro atoms. The molecule has 1 rings (SSSR count). The third-order valence-corrected chi connectivity index (χ3v) is 1.78. The molecule has 72 valence electrons. The molecule has 0 bridgehead atoms. The van der Waals surface area contributed by atoms with Gasteiger partial charge in [-0.15, -0.1) is 0 Å². The normalized spacial score (nSPS) is 11.1. The van der Waals surface area contributed by atoms with Gasteiger partial charge in [0.2, 0.25) is 0 Å². The van der Waals surface area contributed by atoms with Gasteiger partial charge in [-0.2, -0.15) is 0 Å². The van der Waals surface area contributed by atoms with Gasteiger partial charge in [-0.25, -0.2) is 4.39 Å². The zero-order chi connectivity index (χ0) is 10.6. The lowest BCUT2D eigenvalue weighted by Crippen LogP contribution is -1.95. The van der Waals surface area contributed by atoms with Crippen molar-refractivity contribution in [3.63, 3.8) is 0 Å². The SMILES string of the molecule is C=C(C=N)C(C)=Nc1ccccc1F. The summed E-state index contributed by atoms with van der Waals surface area (Å²) in [7, 11) is 0. The lowest BCUT2D eigenvalue weighted by molar-refractivity contribution is 0.630. The van der Waals surface area contributed by atoms with Crippen LogP contribution in [0.5, 0.6) is 0 Å². The lowest BCUT2D eigenvalue weighted by Gasteiger charge is -1.99. The number of nitrogens with one attached hydrogen (secondary N) is 1. The molecule has 0 heterocycles. The Bertz CT molecular complexity index is 394. The fourth-order valence-corrected chi connectivity index (χ4v) is 0.899. The molecule has 0 saturated heterocycles.